The van der Waals surface area contributed by atoms with E-state index >= 15 is 0 Å². The summed E-state index contributed by atoms with van der Waals surface area (Å²) in [6.07, 6.45) is 0.463. The monoisotopic (exact) mass is 184 g/mol. The van der Waals surface area contributed by atoms with Crippen molar-refractivity contribution < 1.29 is 14.4 Å². The van der Waals surface area contributed by atoms with E-state index in [-0.39, 0.29) is 5.92 Å². The van der Waals surface area contributed by atoms with Crippen LogP contribution in [0.2, 0.25) is 0 Å². The Morgan fingerprint density at radius 2 is 1.62 bits per heavy atom. The molecule has 5 nitrogen and oxygen atoms in total. The molecule has 1 aliphatic heterocycles. The summed E-state index contributed by atoms with van der Waals surface area (Å²) in [5, 5.41) is 4.11. The Morgan fingerprint density at radius 1 is 1.15 bits per heavy atom. The minimum Gasteiger partial charge on any atom is -0.277 e. The number of amides is 4. The van der Waals surface area contributed by atoms with E-state index in [4.69, 9.17) is 0 Å². The third kappa shape index (κ3) is 2.27. The van der Waals surface area contributed by atoms with Crippen molar-refractivity contribution in [2.75, 3.05) is 0 Å². The summed E-state index contributed by atoms with van der Waals surface area (Å²) in [5.74, 6) is -1.47. The Hall–Kier alpha value is -1.39. The van der Waals surface area contributed by atoms with Gasteiger partial charge in [0.15, 0.2) is 0 Å². The number of nitrogens with one attached hydrogen (secondary N) is 2. The predicted molar refractivity (Wildman–Crippen MR) is 44.6 cm³/mol. The van der Waals surface area contributed by atoms with Crippen LogP contribution in [0.3, 0.4) is 0 Å². The van der Waals surface area contributed by atoms with Gasteiger partial charge in [-0.3, -0.25) is 20.2 Å². The van der Waals surface area contributed by atoms with Gasteiger partial charge < -0.3 is 0 Å². The van der Waals surface area contributed by atoms with Crippen LogP contribution < -0.4 is 10.6 Å². The molecule has 1 heterocycles. The van der Waals surface area contributed by atoms with Crippen LogP contribution in [0.25, 0.3) is 0 Å². The Labute approximate surface area is 75.9 Å². The summed E-state index contributed by atoms with van der Waals surface area (Å²) in [5.41, 5.74) is 0. The minimum atomic E-state index is -0.727. The highest BCUT2D eigenvalue weighted by atomic mass is 16.2. The molecule has 13 heavy (non-hydrogen) atoms. The number of carbonyl (C=O) groups excluding carboxylic acids is 3. The zero-order chi connectivity index (χ0) is 10.0. The van der Waals surface area contributed by atoms with E-state index in [1.54, 1.807) is 0 Å². The fourth-order valence-electron chi connectivity index (χ4n) is 1.23. The molecule has 72 valence electrons. The van der Waals surface area contributed by atoms with E-state index in [2.05, 4.69) is 10.6 Å². The summed E-state index contributed by atoms with van der Waals surface area (Å²) in [6.45, 7) is 3.83. The maximum Gasteiger partial charge on any atom is 0.328 e. The molecule has 0 aromatic rings. The lowest BCUT2D eigenvalue weighted by atomic mass is 9.94. The molecular weight excluding hydrogens is 172 g/mol. The zero-order valence-corrected chi connectivity index (χ0v) is 7.59. The number of rotatable bonds is 2. The van der Waals surface area contributed by atoms with Gasteiger partial charge in [-0.1, -0.05) is 13.8 Å². The van der Waals surface area contributed by atoms with Crippen LogP contribution in [-0.4, -0.2) is 17.8 Å². The summed E-state index contributed by atoms with van der Waals surface area (Å²) in [7, 11) is 0. The maximum atomic E-state index is 11.2. The quantitative estimate of drug-likeness (QED) is 0.594. The van der Waals surface area contributed by atoms with Crippen molar-refractivity contribution in [3.8, 4) is 0 Å². The van der Waals surface area contributed by atoms with E-state index in [9.17, 15) is 14.4 Å². The van der Waals surface area contributed by atoms with Gasteiger partial charge in [-0.15, -0.1) is 0 Å². The first kappa shape index (κ1) is 9.70. The number of barbiturate groups is 1. The minimum absolute atomic E-state index is 0.245. The van der Waals surface area contributed by atoms with Crippen molar-refractivity contribution in [3.05, 3.63) is 0 Å². The molecule has 1 aliphatic rings. The molecule has 0 aromatic heterocycles. The fourth-order valence-corrected chi connectivity index (χ4v) is 1.23. The second kappa shape index (κ2) is 3.55. The van der Waals surface area contributed by atoms with E-state index in [1.165, 1.54) is 0 Å². The van der Waals surface area contributed by atoms with Crippen molar-refractivity contribution in [3.63, 3.8) is 0 Å². The van der Waals surface area contributed by atoms with Gasteiger partial charge >= 0.3 is 6.03 Å². The molecule has 0 unspecified atom stereocenters. The summed E-state index contributed by atoms with van der Waals surface area (Å²) in [6, 6.07) is -0.727. The van der Waals surface area contributed by atoms with Crippen LogP contribution in [0.1, 0.15) is 20.3 Å². The van der Waals surface area contributed by atoms with Crippen molar-refractivity contribution in [1.82, 2.24) is 10.6 Å². The van der Waals surface area contributed by atoms with Gasteiger partial charge in [-0.25, -0.2) is 4.79 Å². The van der Waals surface area contributed by atoms with Gasteiger partial charge in [-0.05, 0) is 12.3 Å². The lowest BCUT2D eigenvalue weighted by Gasteiger charge is -2.21. The van der Waals surface area contributed by atoms with Crippen LogP contribution in [-0.2, 0) is 9.59 Å². The summed E-state index contributed by atoms with van der Waals surface area (Å²) in [4.78, 5) is 33.0. The normalized spacial score (nSPS) is 18.8. The van der Waals surface area contributed by atoms with E-state index < -0.39 is 23.8 Å². The van der Waals surface area contributed by atoms with E-state index in [0.29, 0.717) is 6.42 Å². The molecule has 0 aromatic carbocycles. The molecule has 0 saturated carbocycles. The number of hydrogen-bond acceptors (Lipinski definition) is 3. The Kier molecular flexibility index (Phi) is 2.65. The van der Waals surface area contributed by atoms with Gasteiger partial charge in [0.05, 0.1) is 0 Å². The molecule has 5 heteroatoms. The Bertz CT molecular complexity index is 240. The first-order chi connectivity index (χ1) is 6.00. The third-order valence-corrected chi connectivity index (χ3v) is 1.81. The van der Waals surface area contributed by atoms with Gasteiger partial charge in [0.1, 0.15) is 5.92 Å². The molecule has 0 radical (unpaired) electrons. The second-order valence-corrected chi connectivity index (χ2v) is 3.49. The van der Waals surface area contributed by atoms with Crippen molar-refractivity contribution >= 4 is 17.8 Å². The largest absolute Gasteiger partial charge is 0.328 e. The second-order valence-electron chi connectivity index (χ2n) is 3.49. The van der Waals surface area contributed by atoms with Gasteiger partial charge in [-0.2, -0.15) is 0 Å². The maximum absolute atomic E-state index is 11.2. The van der Waals surface area contributed by atoms with Crippen LogP contribution >= 0.6 is 0 Å². The van der Waals surface area contributed by atoms with Crippen LogP contribution in [0, 0.1) is 11.8 Å². The topological polar surface area (TPSA) is 75.3 Å². The predicted octanol–water partition coefficient (Wildman–Crippen LogP) is 0.0147. The average molecular weight is 184 g/mol. The standard InChI is InChI=1S/C8H12N2O3/c1-4(2)3-5-6(11)9-8(13)10-7(5)12/h4-5H,3H2,1-2H3,(H2,9,10,11,12,13). The molecule has 1 rings (SSSR count). The first-order valence-corrected chi connectivity index (χ1v) is 4.16. The van der Waals surface area contributed by atoms with Crippen molar-refractivity contribution in [2.24, 2.45) is 11.8 Å². The summed E-state index contributed by atoms with van der Waals surface area (Å²) >= 11 is 0. The molecule has 1 fully saturated rings. The molecule has 2 N–H and O–H groups in total. The van der Waals surface area contributed by atoms with Crippen LogP contribution in [0.5, 0.6) is 0 Å². The highest BCUT2D eigenvalue weighted by molar-refractivity contribution is 6.16. The third-order valence-electron chi connectivity index (χ3n) is 1.81. The molecule has 0 atom stereocenters. The van der Waals surface area contributed by atoms with Crippen molar-refractivity contribution in [2.45, 2.75) is 20.3 Å². The van der Waals surface area contributed by atoms with Gasteiger partial charge in [0.25, 0.3) is 0 Å². The summed E-state index contributed by atoms with van der Waals surface area (Å²) < 4.78 is 0. The zero-order valence-electron chi connectivity index (χ0n) is 7.59. The molecule has 4 amide bonds. The number of urea groups is 1. The highest BCUT2D eigenvalue weighted by Crippen LogP contribution is 2.13. The Morgan fingerprint density at radius 3 is 2.00 bits per heavy atom. The number of hydrogen-bond donors (Lipinski definition) is 2. The molecule has 1 saturated heterocycles. The smallest absolute Gasteiger partial charge is 0.277 e. The SMILES string of the molecule is CC(C)CC1C(=O)NC(=O)NC1=O. The van der Waals surface area contributed by atoms with Crippen LogP contribution in [0.4, 0.5) is 4.79 Å². The highest BCUT2D eigenvalue weighted by Gasteiger charge is 2.34. The van der Waals surface area contributed by atoms with E-state index in [0.717, 1.165) is 0 Å². The first-order valence-electron chi connectivity index (χ1n) is 4.16. The lowest BCUT2D eigenvalue weighted by Crippen LogP contribution is -2.55. The molecule has 0 spiro atoms. The molecule has 0 aliphatic carbocycles. The molecular formula is C8H12N2O3. The van der Waals surface area contributed by atoms with Gasteiger partial charge in [0.2, 0.25) is 11.8 Å². The number of carbonyl (C=O) groups is 3. The molecule has 0 bridgehead atoms. The lowest BCUT2D eigenvalue weighted by molar-refractivity contribution is -0.136. The number of imide groups is 2. The van der Waals surface area contributed by atoms with Crippen LogP contribution in [0.15, 0.2) is 0 Å². The van der Waals surface area contributed by atoms with Gasteiger partial charge in [0, 0.05) is 0 Å². The average Bonchev–Trinajstić information content (AvgIpc) is 1.96. The fraction of sp³-hybridized carbons (Fsp3) is 0.625. The van der Waals surface area contributed by atoms with E-state index in [1.807, 2.05) is 13.8 Å². The Balaban J connectivity index is 2.67. The van der Waals surface area contributed by atoms with Crippen molar-refractivity contribution in [1.29, 1.82) is 0 Å².